The van der Waals surface area contributed by atoms with Crippen LogP contribution in [-0.2, 0) is 17.7 Å². The molecule has 1 aromatic carbocycles. The molecule has 0 saturated heterocycles. The summed E-state index contributed by atoms with van der Waals surface area (Å²) in [6.45, 7) is 3.60. The van der Waals surface area contributed by atoms with Gasteiger partial charge in [0.05, 0.1) is 17.6 Å². The van der Waals surface area contributed by atoms with Crippen LogP contribution >= 0.6 is 11.6 Å². The van der Waals surface area contributed by atoms with Crippen molar-refractivity contribution >= 4 is 22.6 Å². The van der Waals surface area contributed by atoms with Crippen molar-refractivity contribution in [1.29, 1.82) is 0 Å². The Morgan fingerprint density at radius 1 is 1.41 bits per heavy atom. The van der Waals surface area contributed by atoms with Gasteiger partial charge >= 0.3 is 0 Å². The van der Waals surface area contributed by atoms with Crippen molar-refractivity contribution in [1.82, 2.24) is 9.55 Å². The average Bonchev–Trinajstić information content (AvgIpc) is 2.67. The Balaban J connectivity index is 2.50. The van der Waals surface area contributed by atoms with E-state index in [-0.39, 0.29) is 0 Å². The van der Waals surface area contributed by atoms with Crippen LogP contribution in [0, 0.1) is 6.92 Å². The summed E-state index contributed by atoms with van der Waals surface area (Å²) in [5.74, 6) is 1.64. The molecule has 4 heteroatoms. The number of benzene rings is 1. The summed E-state index contributed by atoms with van der Waals surface area (Å²) in [7, 11) is 1.71. The van der Waals surface area contributed by atoms with E-state index in [4.69, 9.17) is 16.3 Å². The number of methoxy groups -OCH3 is 1. The third-order valence-electron chi connectivity index (χ3n) is 2.90. The molecule has 0 amide bonds. The van der Waals surface area contributed by atoms with Crippen molar-refractivity contribution in [3.05, 3.63) is 29.6 Å². The van der Waals surface area contributed by atoms with Crippen molar-refractivity contribution in [2.75, 3.05) is 19.6 Å². The zero-order valence-corrected chi connectivity index (χ0v) is 11.0. The molecule has 3 nitrogen and oxygen atoms in total. The lowest BCUT2D eigenvalue weighted by atomic mass is 10.2. The Bertz CT molecular complexity index is 507. The van der Waals surface area contributed by atoms with Crippen LogP contribution in [0.15, 0.2) is 18.2 Å². The minimum absolute atomic E-state index is 0.593. The number of imidazole rings is 1. The summed E-state index contributed by atoms with van der Waals surface area (Å²) >= 11 is 5.82. The van der Waals surface area contributed by atoms with E-state index >= 15 is 0 Å². The fraction of sp³-hybridized carbons (Fsp3) is 0.462. The topological polar surface area (TPSA) is 27.1 Å². The average molecular weight is 253 g/mol. The second-order valence-electron chi connectivity index (χ2n) is 4.05. The molecule has 0 unspecified atom stereocenters. The molecule has 0 aliphatic rings. The maximum Gasteiger partial charge on any atom is 0.111 e. The number of alkyl halides is 1. The Morgan fingerprint density at radius 3 is 2.94 bits per heavy atom. The molecule has 0 fully saturated rings. The summed E-state index contributed by atoms with van der Waals surface area (Å²) < 4.78 is 7.35. The Labute approximate surface area is 106 Å². The van der Waals surface area contributed by atoms with Gasteiger partial charge in [-0.2, -0.15) is 0 Å². The van der Waals surface area contributed by atoms with Gasteiger partial charge in [-0.3, -0.25) is 0 Å². The van der Waals surface area contributed by atoms with Gasteiger partial charge in [-0.05, 0) is 18.6 Å². The SMILES string of the molecule is COCCn1c(CCCl)nc2c(C)cccc21. The molecule has 2 aromatic rings. The second kappa shape index (κ2) is 5.52. The maximum atomic E-state index is 5.82. The van der Waals surface area contributed by atoms with E-state index in [1.54, 1.807) is 7.11 Å². The highest BCUT2D eigenvalue weighted by Gasteiger charge is 2.11. The van der Waals surface area contributed by atoms with Crippen LogP contribution in [0.1, 0.15) is 11.4 Å². The molecule has 0 atom stereocenters. The van der Waals surface area contributed by atoms with Gasteiger partial charge in [-0.25, -0.2) is 4.98 Å². The summed E-state index contributed by atoms with van der Waals surface area (Å²) in [6.07, 6.45) is 0.791. The van der Waals surface area contributed by atoms with E-state index in [9.17, 15) is 0 Å². The van der Waals surface area contributed by atoms with Gasteiger partial charge < -0.3 is 9.30 Å². The molecule has 1 aromatic heterocycles. The van der Waals surface area contributed by atoms with E-state index in [2.05, 4.69) is 34.7 Å². The molecule has 0 N–H and O–H groups in total. The van der Waals surface area contributed by atoms with Gasteiger partial charge in [0.25, 0.3) is 0 Å². The molecule has 1 heterocycles. The number of ether oxygens (including phenoxy) is 1. The van der Waals surface area contributed by atoms with Crippen molar-refractivity contribution in [3.63, 3.8) is 0 Å². The van der Waals surface area contributed by atoms with E-state index in [0.717, 1.165) is 24.3 Å². The van der Waals surface area contributed by atoms with Crippen molar-refractivity contribution in [3.8, 4) is 0 Å². The predicted octanol–water partition coefficient (Wildman–Crippen LogP) is 2.77. The first-order valence-electron chi connectivity index (χ1n) is 5.77. The van der Waals surface area contributed by atoms with Gasteiger partial charge in [0, 0.05) is 26.0 Å². The molecule has 0 radical (unpaired) electrons. The molecule has 0 bridgehead atoms. The number of hydrogen-bond donors (Lipinski definition) is 0. The summed E-state index contributed by atoms with van der Waals surface area (Å²) in [4.78, 5) is 4.68. The molecule has 0 aliphatic heterocycles. The van der Waals surface area contributed by atoms with E-state index in [1.165, 1.54) is 11.1 Å². The molecule has 0 aliphatic carbocycles. The van der Waals surface area contributed by atoms with Gasteiger partial charge in [0.1, 0.15) is 5.82 Å². The second-order valence-corrected chi connectivity index (χ2v) is 4.43. The molecular weight excluding hydrogens is 236 g/mol. The summed E-state index contributed by atoms with van der Waals surface area (Å²) in [5, 5.41) is 0. The summed E-state index contributed by atoms with van der Waals surface area (Å²) in [5.41, 5.74) is 3.44. The number of halogens is 1. The highest BCUT2D eigenvalue weighted by Crippen LogP contribution is 2.20. The molecule has 17 heavy (non-hydrogen) atoms. The summed E-state index contributed by atoms with van der Waals surface area (Å²) in [6, 6.07) is 6.25. The normalized spacial score (nSPS) is 11.2. The minimum Gasteiger partial charge on any atom is -0.383 e. The number of nitrogens with zero attached hydrogens (tertiary/aromatic N) is 2. The Hall–Kier alpha value is -1.06. The standard InChI is InChI=1S/C13H17ClN2O/c1-10-4-3-5-11-13(10)15-12(6-7-14)16(11)8-9-17-2/h3-5H,6-9H2,1-2H3. The lowest BCUT2D eigenvalue weighted by Gasteiger charge is -2.07. The highest BCUT2D eigenvalue weighted by molar-refractivity contribution is 6.17. The number of aromatic nitrogens is 2. The first-order valence-corrected chi connectivity index (χ1v) is 6.31. The van der Waals surface area contributed by atoms with Gasteiger partial charge in [0.2, 0.25) is 0 Å². The van der Waals surface area contributed by atoms with Gasteiger partial charge in [-0.15, -0.1) is 11.6 Å². The fourth-order valence-electron chi connectivity index (χ4n) is 2.04. The number of hydrogen-bond acceptors (Lipinski definition) is 2. The number of aryl methyl sites for hydroxylation is 2. The molecular formula is C13H17ClN2O. The zero-order chi connectivity index (χ0) is 12.3. The first-order chi connectivity index (χ1) is 8.27. The van der Waals surface area contributed by atoms with Crippen LogP contribution < -0.4 is 0 Å². The number of fused-ring (bicyclic) bond motifs is 1. The Morgan fingerprint density at radius 2 is 2.24 bits per heavy atom. The molecule has 0 spiro atoms. The van der Waals surface area contributed by atoms with E-state index in [1.807, 2.05) is 0 Å². The van der Waals surface area contributed by atoms with Crippen LogP contribution in [0.25, 0.3) is 11.0 Å². The van der Waals surface area contributed by atoms with Crippen molar-refractivity contribution in [2.45, 2.75) is 19.9 Å². The third kappa shape index (κ3) is 2.45. The third-order valence-corrected chi connectivity index (χ3v) is 3.09. The maximum absolute atomic E-state index is 5.82. The van der Waals surface area contributed by atoms with Crippen molar-refractivity contribution < 1.29 is 4.74 Å². The lowest BCUT2D eigenvalue weighted by molar-refractivity contribution is 0.187. The quantitative estimate of drug-likeness (QED) is 0.765. The van der Waals surface area contributed by atoms with Crippen LogP contribution in [0.5, 0.6) is 0 Å². The van der Waals surface area contributed by atoms with Crippen LogP contribution in [0.2, 0.25) is 0 Å². The van der Waals surface area contributed by atoms with Gasteiger partial charge in [0.15, 0.2) is 0 Å². The van der Waals surface area contributed by atoms with Crippen LogP contribution in [-0.4, -0.2) is 29.1 Å². The van der Waals surface area contributed by atoms with E-state index in [0.29, 0.717) is 12.5 Å². The van der Waals surface area contributed by atoms with Gasteiger partial charge in [-0.1, -0.05) is 12.1 Å². The van der Waals surface area contributed by atoms with Crippen molar-refractivity contribution in [2.24, 2.45) is 0 Å². The first kappa shape index (κ1) is 12.4. The minimum atomic E-state index is 0.593. The van der Waals surface area contributed by atoms with Crippen LogP contribution in [0.3, 0.4) is 0 Å². The number of para-hydroxylation sites is 1. The smallest absolute Gasteiger partial charge is 0.111 e. The lowest BCUT2D eigenvalue weighted by Crippen LogP contribution is -2.08. The molecule has 2 rings (SSSR count). The fourth-order valence-corrected chi connectivity index (χ4v) is 2.21. The zero-order valence-electron chi connectivity index (χ0n) is 10.2. The monoisotopic (exact) mass is 252 g/mol. The van der Waals surface area contributed by atoms with Crippen LogP contribution in [0.4, 0.5) is 0 Å². The molecule has 92 valence electrons. The molecule has 0 saturated carbocycles. The highest BCUT2D eigenvalue weighted by atomic mass is 35.5. The Kier molecular flexibility index (Phi) is 4.02. The number of rotatable bonds is 5. The largest absolute Gasteiger partial charge is 0.383 e. The van der Waals surface area contributed by atoms with E-state index < -0.39 is 0 Å². The predicted molar refractivity (Wildman–Crippen MR) is 70.8 cm³/mol.